The summed E-state index contributed by atoms with van der Waals surface area (Å²) in [6.45, 7) is 6.67. The van der Waals surface area contributed by atoms with E-state index in [2.05, 4.69) is 230 Å². The molecule has 1 aliphatic carbocycles. The highest BCUT2D eigenvalue weighted by atomic mass is 15.1. The van der Waals surface area contributed by atoms with E-state index < -0.39 is 0 Å². The Morgan fingerprint density at radius 2 is 1.08 bits per heavy atom. The van der Waals surface area contributed by atoms with Gasteiger partial charge in [-0.15, -0.1) is 0 Å². The number of hydrogen-bond acceptors (Lipinski definition) is 2. The van der Waals surface area contributed by atoms with Gasteiger partial charge in [-0.25, -0.2) is 0 Å². The van der Waals surface area contributed by atoms with Crippen molar-refractivity contribution in [2.45, 2.75) is 32.2 Å². The van der Waals surface area contributed by atoms with Gasteiger partial charge in [0.2, 0.25) is 0 Å². The van der Waals surface area contributed by atoms with E-state index in [1.807, 2.05) is 0 Å². The average Bonchev–Trinajstić information content (AvgIpc) is 3.58. The van der Waals surface area contributed by atoms with Gasteiger partial charge < -0.3 is 9.80 Å². The lowest BCUT2D eigenvalue weighted by atomic mass is 9.81. The van der Waals surface area contributed by atoms with Crippen molar-refractivity contribution in [2.24, 2.45) is 0 Å². The molecule has 0 spiro atoms. The number of benzene rings is 11. The molecule has 1 heterocycles. The molecular weight excluding hydrogens is 773 g/mol. The van der Waals surface area contributed by atoms with Gasteiger partial charge in [0.25, 0.3) is 0 Å². The van der Waals surface area contributed by atoms with Crippen molar-refractivity contribution in [3.8, 4) is 33.4 Å². The Bertz CT molecular complexity index is 3600. The molecular formula is C62H46N2. The van der Waals surface area contributed by atoms with E-state index in [-0.39, 0.29) is 5.41 Å². The number of nitrogens with zero attached hydrogens (tertiary/aromatic N) is 2. The van der Waals surface area contributed by atoms with Crippen LogP contribution in [0.5, 0.6) is 0 Å². The molecule has 11 aromatic carbocycles. The molecule has 2 heteroatoms. The second kappa shape index (κ2) is 14.2. The highest BCUT2D eigenvalue weighted by Crippen LogP contribution is 2.56. The third kappa shape index (κ3) is 5.52. The monoisotopic (exact) mass is 818 g/mol. The summed E-state index contributed by atoms with van der Waals surface area (Å²) in [7, 11) is 0. The topological polar surface area (TPSA) is 6.48 Å². The van der Waals surface area contributed by atoms with E-state index >= 15 is 0 Å². The summed E-state index contributed by atoms with van der Waals surface area (Å²) in [5, 5.41) is 10.3. The first kappa shape index (κ1) is 36.9. The molecule has 0 saturated carbocycles. The van der Waals surface area contributed by atoms with E-state index in [0.29, 0.717) is 0 Å². The van der Waals surface area contributed by atoms with Crippen molar-refractivity contribution in [2.75, 3.05) is 16.3 Å². The van der Waals surface area contributed by atoms with Crippen molar-refractivity contribution in [1.82, 2.24) is 0 Å². The Kier molecular flexibility index (Phi) is 8.18. The van der Waals surface area contributed by atoms with Crippen molar-refractivity contribution < 1.29 is 0 Å². The molecule has 0 saturated heterocycles. The minimum atomic E-state index is -0.191. The third-order valence-electron chi connectivity index (χ3n) is 14.6. The smallest absolute Gasteiger partial charge is 0.0547 e. The van der Waals surface area contributed by atoms with E-state index in [1.54, 1.807) is 0 Å². The first-order valence-corrected chi connectivity index (χ1v) is 22.7. The van der Waals surface area contributed by atoms with Crippen LogP contribution in [0.1, 0.15) is 36.1 Å². The number of fused-ring (bicyclic) bond motifs is 6. The zero-order valence-corrected chi connectivity index (χ0v) is 36.1. The molecule has 1 aliphatic heterocycles. The maximum Gasteiger partial charge on any atom is 0.0547 e. The fourth-order valence-electron chi connectivity index (χ4n) is 11.5. The first-order valence-electron chi connectivity index (χ1n) is 22.7. The van der Waals surface area contributed by atoms with E-state index in [9.17, 15) is 0 Å². The lowest BCUT2D eigenvalue weighted by Crippen LogP contribution is -2.30. The largest absolute Gasteiger partial charge is 0.367 e. The highest BCUT2D eigenvalue weighted by Gasteiger charge is 2.38. The molecule has 0 aromatic heterocycles. The predicted molar refractivity (Wildman–Crippen MR) is 272 cm³/mol. The molecule has 0 unspecified atom stereocenters. The molecule has 0 N–H and O–H groups in total. The van der Waals surface area contributed by atoms with Gasteiger partial charge in [-0.3, -0.25) is 0 Å². The van der Waals surface area contributed by atoms with E-state index in [0.717, 1.165) is 25.2 Å². The van der Waals surface area contributed by atoms with Crippen LogP contribution in [-0.4, -0.2) is 6.54 Å². The predicted octanol–water partition coefficient (Wildman–Crippen LogP) is 16.4. The summed E-state index contributed by atoms with van der Waals surface area (Å²) >= 11 is 0. The lowest BCUT2D eigenvalue weighted by molar-refractivity contribution is 0.660. The first-order chi connectivity index (χ1) is 31.5. The molecule has 0 amide bonds. The second-order valence-electron chi connectivity index (χ2n) is 18.4. The Balaban J connectivity index is 1.13. The summed E-state index contributed by atoms with van der Waals surface area (Å²) < 4.78 is 0. The summed E-state index contributed by atoms with van der Waals surface area (Å²) in [6.07, 6.45) is 0.966. The van der Waals surface area contributed by atoms with Gasteiger partial charge >= 0.3 is 0 Å². The van der Waals surface area contributed by atoms with Crippen LogP contribution in [0.15, 0.2) is 206 Å². The third-order valence-corrected chi connectivity index (χ3v) is 14.6. The maximum atomic E-state index is 2.61. The fourth-order valence-corrected chi connectivity index (χ4v) is 11.5. The molecule has 0 radical (unpaired) electrons. The SMILES string of the molecule is CC1(C)c2ccccc2-c2cc(-c3cccc4c3CCN(c3ccccc3)C4)c(N(c3ccc(-c4ccccc4)cc3)c3ccc4cccc5c6cccc7cccc(c3c45)c76)cc21. The molecule has 304 valence electrons. The molecule has 0 atom stereocenters. The van der Waals surface area contributed by atoms with Crippen molar-refractivity contribution in [1.29, 1.82) is 0 Å². The summed E-state index contributed by atoms with van der Waals surface area (Å²) in [5.41, 5.74) is 17.9. The lowest BCUT2D eigenvalue weighted by Gasteiger charge is -2.34. The molecule has 2 aliphatic rings. The Hall–Kier alpha value is -7.68. The van der Waals surface area contributed by atoms with Crippen LogP contribution in [0.2, 0.25) is 0 Å². The summed E-state index contributed by atoms with van der Waals surface area (Å²) in [5.74, 6) is 0. The molecule has 11 aromatic rings. The van der Waals surface area contributed by atoms with Gasteiger partial charge in [-0.05, 0) is 137 Å². The zero-order valence-electron chi connectivity index (χ0n) is 36.1. The molecule has 64 heavy (non-hydrogen) atoms. The number of anilines is 4. The second-order valence-corrected chi connectivity index (χ2v) is 18.4. The van der Waals surface area contributed by atoms with E-state index in [1.165, 1.54) is 116 Å². The van der Waals surface area contributed by atoms with Gasteiger partial charge in [0.05, 0.1) is 11.4 Å². The van der Waals surface area contributed by atoms with Gasteiger partial charge in [0, 0.05) is 40.8 Å². The zero-order chi connectivity index (χ0) is 42.5. The van der Waals surface area contributed by atoms with Crippen molar-refractivity contribution in [3.63, 3.8) is 0 Å². The van der Waals surface area contributed by atoms with Crippen LogP contribution in [0.3, 0.4) is 0 Å². The minimum absolute atomic E-state index is 0.191. The van der Waals surface area contributed by atoms with Gasteiger partial charge in [0.15, 0.2) is 0 Å². The van der Waals surface area contributed by atoms with Crippen LogP contribution < -0.4 is 9.80 Å². The molecule has 13 rings (SSSR count). The van der Waals surface area contributed by atoms with Crippen LogP contribution in [-0.2, 0) is 18.4 Å². The molecule has 2 nitrogen and oxygen atoms in total. The fraction of sp³-hybridized carbons (Fsp3) is 0.0968. The standard InChI is InChI=1S/C62H46N2/c1-62(2)55-28-10-9-23-49(55)53-37-54(48-24-14-20-44-39-63(36-35-47(44)48)45-21-7-4-8-22-45)58(38-56(53)62)64(46-32-29-41(30-33-46)40-15-5-3-6-16-40)57-34-31-43-19-12-26-51-50-25-11-17-42-18-13-27-52(59(42)50)61(57)60(43)51/h3-34,37-38H,35-36,39H2,1-2H3. The molecule has 0 fully saturated rings. The summed E-state index contributed by atoms with van der Waals surface area (Å²) in [4.78, 5) is 5.14. The van der Waals surface area contributed by atoms with Crippen LogP contribution in [0, 0.1) is 0 Å². The van der Waals surface area contributed by atoms with Crippen LogP contribution >= 0.6 is 0 Å². The maximum absolute atomic E-state index is 2.61. The average molecular weight is 819 g/mol. The van der Waals surface area contributed by atoms with Gasteiger partial charge in [-0.2, -0.15) is 0 Å². The van der Waals surface area contributed by atoms with Crippen LogP contribution in [0.25, 0.3) is 76.5 Å². The van der Waals surface area contributed by atoms with E-state index in [4.69, 9.17) is 0 Å². The number of hydrogen-bond donors (Lipinski definition) is 0. The Labute approximate surface area is 374 Å². The number of rotatable bonds is 6. The normalized spacial score (nSPS) is 14.0. The number of para-hydroxylation sites is 1. The van der Waals surface area contributed by atoms with Crippen molar-refractivity contribution in [3.05, 3.63) is 229 Å². The quantitative estimate of drug-likeness (QED) is 0.122. The molecule has 0 bridgehead atoms. The summed E-state index contributed by atoms with van der Waals surface area (Å²) in [6, 6.07) is 77.4. The Morgan fingerprint density at radius 1 is 0.438 bits per heavy atom. The van der Waals surface area contributed by atoms with Crippen LogP contribution in [0.4, 0.5) is 22.7 Å². The van der Waals surface area contributed by atoms with Crippen molar-refractivity contribution >= 4 is 65.8 Å². The highest BCUT2D eigenvalue weighted by molar-refractivity contribution is 6.35. The Morgan fingerprint density at radius 3 is 1.86 bits per heavy atom. The van der Waals surface area contributed by atoms with Gasteiger partial charge in [-0.1, -0.05) is 178 Å². The van der Waals surface area contributed by atoms with Gasteiger partial charge in [0.1, 0.15) is 0 Å². The minimum Gasteiger partial charge on any atom is -0.367 e.